The van der Waals surface area contributed by atoms with Gasteiger partial charge in [0.15, 0.2) is 4.67 Å². The predicted molar refractivity (Wildman–Crippen MR) is 82.1 cm³/mol. The van der Waals surface area contributed by atoms with Crippen LogP contribution >= 0.6 is 31.9 Å². The molecule has 0 bridgehead atoms. The fourth-order valence-corrected chi connectivity index (χ4v) is 3.32. The van der Waals surface area contributed by atoms with Crippen LogP contribution in [0.1, 0.15) is 32.6 Å². The molecule has 4 nitrogen and oxygen atoms in total. The molecule has 0 saturated carbocycles. The molecule has 108 valence electrons. The summed E-state index contributed by atoms with van der Waals surface area (Å²) >= 11 is 6.82. The minimum absolute atomic E-state index is 0.0771. The van der Waals surface area contributed by atoms with E-state index in [0.29, 0.717) is 11.2 Å². The van der Waals surface area contributed by atoms with Crippen LogP contribution in [0.25, 0.3) is 0 Å². The van der Waals surface area contributed by atoms with Crippen molar-refractivity contribution in [3.63, 3.8) is 0 Å². The van der Waals surface area contributed by atoms with Gasteiger partial charge in [0.05, 0.1) is 22.2 Å². The lowest BCUT2D eigenvalue weighted by atomic mass is 10.0. The summed E-state index contributed by atoms with van der Waals surface area (Å²) in [6, 6.07) is 2.06. The third kappa shape index (κ3) is 3.61. The maximum absolute atomic E-state index is 5.96. The number of halogens is 2. The van der Waals surface area contributed by atoms with Crippen molar-refractivity contribution in [3.8, 4) is 0 Å². The molecule has 19 heavy (non-hydrogen) atoms. The van der Waals surface area contributed by atoms with Crippen LogP contribution in [0.2, 0.25) is 0 Å². The molecule has 0 aliphatic carbocycles. The molecule has 0 aromatic carbocycles. The van der Waals surface area contributed by atoms with Crippen LogP contribution in [0.4, 0.5) is 0 Å². The van der Waals surface area contributed by atoms with Crippen LogP contribution in [0, 0.1) is 0 Å². The van der Waals surface area contributed by atoms with Crippen molar-refractivity contribution in [3.05, 3.63) is 21.0 Å². The van der Waals surface area contributed by atoms with Gasteiger partial charge in [0.1, 0.15) is 5.76 Å². The zero-order chi connectivity index (χ0) is 14.2. The molecule has 1 fully saturated rings. The standard InChI is InChI=1S/C13H20Br2N2O2/c1-8-6-17(7-13(2,3)19-8)10(5-16)11-4-9(14)12(15)18-11/h4,8,10H,5-7,16H2,1-3H3. The Bertz CT molecular complexity index is 428. The van der Waals surface area contributed by atoms with E-state index in [1.165, 1.54) is 0 Å². The van der Waals surface area contributed by atoms with Crippen LogP contribution in [0.5, 0.6) is 0 Å². The largest absolute Gasteiger partial charge is 0.451 e. The second-order valence-electron chi connectivity index (χ2n) is 5.64. The molecule has 2 rings (SSSR count). The molecular weight excluding hydrogens is 376 g/mol. The fourth-order valence-electron chi connectivity index (χ4n) is 2.71. The third-order valence-electron chi connectivity index (χ3n) is 3.25. The number of hydrogen-bond acceptors (Lipinski definition) is 4. The first-order valence-corrected chi connectivity index (χ1v) is 7.97. The number of rotatable bonds is 3. The zero-order valence-corrected chi connectivity index (χ0v) is 14.6. The molecule has 6 heteroatoms. The molecule has 2 N–H and O–H groups in total. The van der Waals surface area contributed by atoms with E-state index in [1.807, 2.05) is 6.07 Å². The quantitative estimate of drug-likeness (QED) is 0.852. The Labute approximate surface area is 130 Å². The van der Waals surface area contributed by atoms with Crippen molar-refractivity contribution >= 4 is 31.9 Å². The highest BCUT2D eigenvalue weighted by molar-refractivity contribution is 9.13. The molecule has 2 atom stereocenters. The van der Waals surface area contributed by atoms with Gasteiger partial charge >= 0.3 is 0 Å². The summed E-state index contributed by atoms with van der Waals surface area (Å²) in [4.78, 5) is 2.34. The van der Waals surface area contributed by atoms with Gasteiger partial charge in [0.2, 0.25) is 0 Å². The normalized spacial score (nSPS) is 25.5. The summed E-state index contributed by atoms with van der Waals surface area (Å²) in [5.41, 5.74) is 5.80. The van der Waals surface area contributed by atoms with Gasteiger partial charge in [-0.05, 0) is 58.7 Å². The molecule has 1 aliphatic heterocycles. The van der Waals surface area contributed by atoms with E-state index in [-0.39, 0.29) is 17.7 Å². The summed E-state index contributed by atoms with van der Waals surface area (Å²) in [6.45, 7) is 8.54. The second kappa shape index (κ2) is 5.85. The highest BCUT2D eigenvalue weighted by Crippen LogP contribution is 2.34. The highest BCUT2D eigenvalue weighted by Gasteiger charge is 2.36. The molecule has 1 aromatic heterocycles. The lowest BCUT2D eigenvalue weighted by Gasteiger charge is -2.44. The Morgan fingerprint density at radius 3 is 2.68 bits per heavy atom. The van der Waals surface area contributed by atoms with E-state index in [4.69, 9.17) is 14.9 Å². The summed E-state index contributed by atoms with van der Waals surface area (Å²) in [5, 5.41) is 0. The molecule has 2 heterocycles. The van der Waals surface area contributed by atoms with Gasteiger partial charge in [-0.25, -0.2) is 0 Å². The molecule has 0 spiro atoms. The second-order valence-corrected chi connectivity index (χ2v) is 7.21. The Morgan fingerprint density at radius 1 is 1.53 bits per heavy atom. The first kappa shape index (κ1) is 15.5. The third-order valence-corrected chi connectivity index (χ3v) is 4.96. The van der Waals surface area contributed by atoms with Crippen molar-refractivity contribution in [1.82, 2.24) is 4.90 Å². The maximum Gasteiger partial charge on any atom is 0.183 e. The van der Waals surface area contributed by atoms with E-state index in [0.717, 1.165) is 23.3 Å². The minimum Gasteiger partial charge on any atom is -0.451 e. The highest BCUT2D eigenvalue weighted by atomic mass is 79.9. The Kier molecular flexibility index (Phi) is 4.78. The van der Waals surface area contributed by atoms with E-state index in [1.54, 1.807) is 0 Å². The smallest absolute Gasteiger partial charge is 0.183 e. The monoisotopic (exact) mass is 394 g/mol. The van der Waals surface area contributed by atoms with Crippen molar-refractivity contribution < 1.29 is 9.15 Å². The number of furan rings is 1. The average molecular weight is 396 g/mol. The zero-order valence-electron chi connectivity index (χ0n) is 11.5. The van der Waals surface area contributed by atoms with Crippen LogP contribution in [0.15, 0.2) is 19.6 Å². The van der Waals surface area contributed by atoms with Crippen molar-refractivity contribution in [1.29, 1.82) is 0 Å². The van der Waals surface area contributed by atoms with Gasteiger partial charge in [-0.1, -0.05) is 0 Å². The molecular formula is C13H20Br2N2O2. The Balaban J connectivity index is 2.21. The molecule has 1 aromatic rings. The SMILES string of the molecule is CC1CN(C(CN)c2cc(Br)c(Br)o2)CC(C)(C)O1. The molecule has 1 aliphatic rings. The van der Waals surface area contributed by atoms with E-state index in [2.05, 4.69) is 57.5 Å². The lowest BCUT2D eigenvalue weighted by molar-refractivity contribution is -0.139. The van der Waals surface area contributed by atoms with Crippen LogP contribution < -0.4 is 5.73 Å². The fraction of sp³-hybridized carbons (Fsp3) is 0.692. The number of morpholine rings is 1. The number of nitrogens with zero attached hydrogens (tertiary/aromatic N) is 1. The summed E-state index contributed by atoms with van der Waals surface area (Å²) < 4.78 is 13.3. The van der Waals surface area contributed by atoms with Crippen LogP contribution in [-0.2, 0) is 4.74 Å². The molecule has 1 saturated heterocycles. The molecule has 0 radical (unpaired) electrons. The van der Waals surface area contributed by atoms with Crippen molar-refractivity contribution in [2.75, 3.05) is 19.6 Å². The molecule has 0 amide bonds. The van der Waals surface area contributed by atoms with Gasteiger partial charge in [0.25, 0.3) is 0 Å². The minimum atomic E-state index is -0.161. The maximum atomic E-state index is 5.96. The Morgan fingerprint density at radius 2 is 2.21 bits per heavy atom. The van der Waals surface area contributed by atoms with Crippen molar-refractivity contribution in [2.45, 2.75) is 38.5 Å². The van der Waals surface area contributed by atoms with Gasteiger partial charge in [0, 0.05) is 19.6 Å². The Hall–Kier alpha value is 0.120. The summed E-state index contributed by atoms with van der Waals surface area (Å²) in [6.07, 6.45) is 0.194. The first-order chi connectivity index (χ1) is 8.82. The van der Waals surface area contributed by atoms with Gasteiger partial charge in [-0.15, -0.1) is 0 Å². The van der Waals surface area contributed by atoms with Crippen molar-refractivity contribution in [2.24, 2.45) is 5.73 Å². The predicted octanol–water partition coefficient (Wildman–Crippen LogP) is 3.30. The average Bonchev–Trinajstić information content (AvgIpc) is 2.57. The lowest BCUT2D eigenvalue weighted by Crippen LogP contribution is -2.53. The van der Waals surface area contributed by atoms with E-state index < -0.39 is 0 Å². The topological polar surface area (TPSA) is 51.6 Å². The first-order valence-electron chi connectivity index (χ1n) is 6.39. The van der Waals surface area contributed by atoms with E-state index in [9.17, 15) is 0 Å². The van der Waals surface area contributed by atoms with Crippen LogP contribution in [0.3, 0.4) is 0 Å². The molecule has 2 unspecified atom stereocenters. The number of nitrogens with two attached hydrogens (primary N) is 1. The van der Waals surface area contributed by atoms with Gasteiger partial charge < -0.3 is 14.9 Å². The number of ether oxygens (including phenoxy) is 1. The summed E-state index contributed by atoms with van der Waals surface area (Å²) in [7, 11) is 0. The van der Waals surface area contributed by atoms with Gasteiger partial charge in [-0.2, -0.15) is 0 Å². The summed E-state index contributed by atoms with van der Waals surface area (Å²) in [5.74, 6) is 0.881. The van der Waals surface area contributed by atoms with E-state index >= 15 is 0 Å². The van der Waals surface area contributed by atoms with Gasteiger partial charge in [-0.3, -0.25) is 4.90 Å². The van der Waals surface area contributed by atoms with Crippen LogP contribution in [-0.4, -0.2) is 36.2 Å². The number of hydrogen-bond donors (Lipinski definition) is 1.